The minimum atomic E-state index is -0.801. The van der Waals surface area contributed by atoms with Gasteiger partial charge in [0.05, 0.1) is 0 Å². The number of ether oxygens (including phenoxy) is 1. The summed E-state index contributed by atoms with van der Waals surface area (Å²) in [5.41, 5.74) is 0.525. The third kappa shape index (κ3) is 5.61. The fourth-order valence-corrected chi connectivity index (χ4v) is 1.78. The Morgan fingerprint density at radius 3 is 2.65 bits per heavy atom. The van der Waals surface area contributed by atoms with E-state index in [4.69, 9.17) is 4.74 Å². The maximum Gasteiger partial charge on any atom is 0.342 e. The minimum absolute atomic E-state index is 0.00784. The van der Waals surface area contributed by atoms with Crippen LogP contribution in [0.4, 0.5) is 0 Å². The van der Waals surface area contributed by atoms with Gasteiger partial charge in [-0.25, -0.2) is 4.79 Å². The summed E-state index contributed by atoms with van der Waals surface area (Å²) in [5.74, 6) is -1.87. The number of hydrogen-bond acceptors (Lipinski definition) is 5. The summed E-state index contributed by atoms with van der Waals surface area (Å²) < 4.78 is 4.84. The van der Waals surface area contributed by atoms with Crippen LogP contribution in [0.3, 0.4) is 0 Å². The number of esters is 1. The maximum absolute atomic E-state index is 11.8. The van der Waals surface area contributed by atoms with Crippen molar-refractivity contribution in [1.29, 1.82) is 0 Å². The Bertz CT molecular complexity index is 586. The van der Waals surface area contributed by atoms with Crippen LogP contribution in [0.15, 0.2) is 18.2 Å². The van der Waals surface area contributed by atoms with Crippen molar-refractivity contribution in [3.05, 3.63) is 29.3 Å². The SMILES string of the molecule is CCCNC(=O)[C@H](C)NC(=O)COC(=O)c1cccc(C)c1O. The van der Waals surface area contributed by atoms with Crippen LogP contribution in [0.2, 0.25) is 0 Å². The highest BCUT2D eigenvalue weighted by Crippen LogP contribution is 2.21. The van der Waals surface area contributed by atoms with E-state index in [9.17, 15) is 19.5 Å². The molecule has 0 unspecified atom stereocenters. The Balaban J connectivity index is 2.48. The number of nitrogens with one attached hydrogen (secondary N) is 2. The number of para-hydroxylation sites is 1. The topological polar surface area (TPSA) is 105 Å². The molecule has 0 aromatic heterocycles. The summed E-state index contributed by atoms with van der Waals surface area (Å²) in [4.78, 5) is 35.1. The first-order valence-corrected chi connectivity index (χ1v) is 7.39. The second-order valence-electron chi connectivity index (χ2n) is 5.13. The molecule has 0 aliphatic carbocycles. The number of rotatable bonds is 7. The lowest BCUT2D eigenvalue weighted by Gasteiger charge is -2.14. The lowest BCUT2D eigenvalue weighted by atomic mass is 10.1. The molecule has 2 amide bonds. The first kappa shape index (κ1) is 18.5. The fraction of sp³-hybridized carbons (Fsp3) is 0.438. The van der Waals surface area contributed by atoms with Gasteiger partial charge < -0.3 is 20.5 Å². The van der Waals surface area contributed by atoms with Crippen molar-refractivity contribution in [3.63, 3.8) is 0 Å². The zero-order chi connectivity index (χ0) is 17.4. The van der Waals surface area contributed by atoms with Crippen molar-refractivity contribution in [2.24, 2.45) is 0 Å². The number of amides is 2. The molecule has 1 aromatic carbocycles. The summed E-state index contributed by atoms with van der Waals surface area (Å²) in [7, 11) is 0. The summed E-state index contributed by atoms with van der Waals surface area (Å²) >= 11 is 0. The van der Waals surface area contributed by atoms with E-state index in [1.54, 1.807) is 19.1 Å². The Labute approximate surface area is 135 Å². The van der Waals surface area contributed by atoms with E-state index in [1.165, 1.54) is 13.0 Å². The normalized spacial score (nSPS) is 11.4. The Morgan fingerprint density at radius 1 is 1.30 bits per heavy atom. The van der Waals surface area contributed by atoms with Crippen LogP contribution in [-0.2, 0) is 14.3 Å². The third-order valence-electron chi connectivity index (χ3n) is 3.11. The molecule has 0 saturated heterocycles. The zero-order valence-electron chi connectivity index (χ0n) is 13.5. The smallest absolute Gasteiger partial charge is 0.342 e. The molecule has 7 nitrogen and oxygen atoms in total. The van der Waals surface area contributed by atoms with Gasteiger partial charge in [0.2, 0.25) is 5.91 Å². The quantitative estimate of drug-likeness (QED) is 0.647. The molecule has 0 spiro atoms. The van der Waals surface area contributed by atoms with E-state index in [0.29, 0.717) is 12.1 Å². The Hall–Kier alpha value is -2.57. The lowest BCUT2D eigenvalue weighted by Crippen LogP contribution is -2.46. The molecule has 0 aliphatic heterocycles. The molecule has 0 radical (unpaired) electrons. The summed E-state index contributed by atoms with van der Waals surface area (Å²) in [6.07, 6.45) is 0.796. The van der Waals surface area contributed by atoms with Crippen molar-refractivity contribution in [2.75, 3.05) is 13.2 Å². The molecule has 23 heavy (non-hydrogen) atoms. The number of carbonyl (C=O) groups is 3. The van der Waals surface area contributed by atoms with Gasteiger partial charge in [0, 0.05) is 6.54 Å². The minimum Gasteiger partial charge on any atom is -0.507 e. The molecule has 0 heterocycles. The van der Waals surface area contributed by atoms with Gasteiger partial charge in [-0.15, -0.1) is 0 Å². The van der Waals surface area contributed by atoms with Gasteiger partial charge in [-0.1, -0.05) is 19.1 Å². The molecule has 1 aromatic rings. The predicted octanol–water partition coefficient (Wildman–Crippen LogP) is 0.888. The van der Waals surface area contributed by atoms with Gasteiger partial charge in [0.25, 0.3) is 5.91 Å². The number of phenols is 1. The zero-order valence-corrected chi connectivity index (χ0v) is 13.5. The van der Waals surface area contributed by atoms with E-state index in [0.717, 1.165) is 6.42 Å². The van der Waals surface area contributed by atoms with Gasteiger partial charge in [0.1, 0.15) is 17.4 Å². The van der Waals surface area contributed by atoms with Crippen molar-refractivity contribution in [1.82, 2.24) is 10.6 Å². The fourth-order valence-electron chi connectivity index (χ4n) is 1.78. The van der Waals surface area contributed by atoms with Gasteiger partial charge in [0.15, 0.2) is 6.61 Å². The third-order valence-corrected chi connectivity index (χ3v) is 3.11. The lowest BCUT2D eigenvalue weighted by molar-refractivity contribution is -0.130. The largest absolute Gasteiger partial charge is 0.507 e. The number of carbonyl (C=O) groups excluding carboxylic acids is 3. The van der Waals surface area contributed by atoms with E-state index in [-0.39, 0.29) is 17.2 Å². The van der Waals surface area contributed by atoms with Gasteiger partial charge in [-0.3, -0.25) is 9.59 Å². The van der Waals surface area contributed by atoms with Crippen molar-refractivity contribution in [2.45, 2.75) is 33.2 Å². The van der Waals surface area contributed by atoms with E-state index < -0.39 is 24.5 Å². The number of aromatic hydroxyl groups is 1. The first-order valence-electron chi connectivity index (χ1n) is 7.39. The first-order chi connectivity index (χ1) is 10.9. The molecule has 0 saturated carbocycles. The van der Waals surface area contributed by atoms with Crippen molar-refractivity contribution in [3.8, 4) is 5.75 Å². The van der Waals surface area contributed by atoms with Gasteiger partial charge in [-0.05, 0) is 31.9 Å². The average molecular weight is 322 g/mol. The standard InChI is InChI=1S/C16H22N2O5/c1-4-8-17-15(21)11(3)18-13(19)9-23-16(22)12-7-5-6-10(2)14(12)20/h5-7,11,20H,4,8-9H2,1-3H3,(H,17,21)(H,18,19)/t11-/m0/s1. The summed E-state index contributed by atoms with van der Waals surface area (Å²) in [6.45, 7) is 5.11. The molecule has 1 atom stereocenters. The van der Waals surface area contributed by atoms with Crippen LogP contribution in [0, 0.1) is 6.92 Å². The van der Waals surface area contributed by atoms with Crippen LogP contribution >= 0.6 is 0 Å². The Kier molecular flexibility index (Phi) is 7.05. The number of hydrogen-bond donors (Lipinski definition) is 3. The van der Waals surface area contributed by atoms with E-state index in [2.05, 4.69) is 10.6 Å². The summed E-state index contributed by atoms with van der Waals surface area (Å²) in [6, 6.07) is 3.94. The molecule has 1 rings (SSSR count). The molecular weight excluding hydrogens is 300 g/mol. The maximum atomic E-state index is 11.8. The molecule has 126 valence electrons. The van der Waals surface area contributed by atoms with Crippen LogP contribution in [0.25, 0.3) is 0 Å². The number of phenolic OH excluding ortho intramolecular Hbond substituents is 1. The highest BCUT2D eigenvalue weighted by atomic mass is 16.5. The monoisotopic (exact) mass is 322 g/mol. The number of benzene rings is 1. The highest BCUT2D eigenvalue weighted by Gasteiger charge is 2.18. The van der Waals surface area contributed by atoms with Crippen LogP contribution in [0.1, 0.15) is 36.2 Å². The van der Waals surface area contributed by atoms with Crippen molar-refractivity contribution >= 4 is 17.8 Å². The molecule has 3 N–H and O–H groups in total. The van der Waals surface area contributed by atoms with Crippen LogP contribution in [0.5, 0.6) is 5.75 Å². The molecular formula is C16H22N2O5. The molecule has 0 bridgehead atoms. The van der Waals surface area contributed by atoms with Crippen molar-refractivity contribution < 1.29 is 24.2 Å². The number of aryl methyl sites for hydroxylation is 1. The summed E-state index contributed by atoms with van der Waals surface area (Å²) in [5, 5.41) is 14.9. The molecule has 7 heteroatoms. The highest BCUT2D eigenvalue weighted by molar-refractivity contribution is 5.94. The van der Waals surface area contributed by atoms with Gasteiger partial charge in [-0.2, -0.15) is 0 Å². The molecule has 0 fully saturated rings. The van der Waals surface area contributed by atoms with E-state index in [1.807, 2.05) is 6.92 Å². The van der Waals surface area contributed by atoms with Crippen LogP contribution in [-0.4, -0.2) is 42.1 Å². The Morgan fingerprint density at radius 2 is 2.00 bits per heavy atom. The second kappa shape index (κ2) is 8.77. The predicted molar refractivity (Wildman–Crippen MR) is 84.0 cm³/mol. The van der Waals surface area contributed by atoms with E-state index >= 15 is 0 Å². The average Bonchev–Trinajstić information content (AvgIpc) is 2.52. The molecule has 0 aliphatic rings. The van der Waals surface area contributed by atoms with Gasteiger partial charge >= 0.3 is 5.97 Å². The van der Waals surface area contributed by atoms with Crippen LogP contribution < -0.4 is 10.6 Å². The second-order valence-corrected chi connectivity index (χ2v) is 5.13.